The van der Waals surface area contributed by atoms with Crippen LogP contribution in [0.3, 0.4) is 0 Å². The Morgan fingerprint density at radius 2 is 1.86 bits per heavy atom. The predicted octanol–water partition coefficient (Wildman–Crippen LogP) is 2.56. The minimum Gasteiger partial charge on any atom is -0.497 e. The molecule has 2 aromatic rings. The Hall–Kier alpha value is -1.28. The highest BCUT2D eigenvalue weighted by Crippen LogP contribution is 2.27. The summed E-state index contributed by atoms with van der Waals surface area (Å²) < 4.78 is 32.6. The highest BCUT2D eigenvalue weighted by Gasteiger charge is 2.24. The van der Waals surface area contributed by atoms with Crippen molar-refractivity contribution in [2.24, 2.45) is 7.05 Å². The third-order valence-electron chi connectivity index (χ3n) is 3.13. The Kier molecular flexibility index (Phi) is 5.01. The number of benzene rings is 1. The second-order valence-corrected chi connectivity index (χ2v) is 7.39. The highest BCUT2D eigenvalue weighted by atomic mass is 35.5. The number of halogens is 2. The van der Waals surface area contributed by atoms with Gasteiger partial charge in [0.2, 0.25) is 10.0 Å². The van der Waals surface area contributed by atoms with Gasteiger partial charge in [-0.15, -0.1) is 0 Å². The van der Waals surface area contributed by atoms with Crippen LogP contribution in [0.25, 0.3) is 0 Å². The maximum atomic E-state index is 12.5. The topological polar surface area (TPSA) is 64.4 Å². The average Bonchev–Trinajstić information content (AvgIpc) is 2.74. The lowest BCUT2D eigenvalue weighted by Crippen LogP contribution is -2.26. The molecule has 0 bridgehead atoms. The van der Waals surface area contributed by atoms with Gasteiger partial charge in [0.05, 0.1) is 24.2 Å². The standard InChI is InChI=1S/C13H15Cl2N3O3S/c1-17(8-11-12(14)13(15)18(2)16-11)22(19,20)10-6-4-9(21-3)5-7-10/h4-7H,8H2,1-3H3. The van der Waals surface area contributed by atoms with Crippen LogP contribution in [0, 0.1) is 0 Å². The van der Waals surface area contributed by atoms with Crippen molar-refractivity contribution in [3.05, 3.63) is 40.1 Å². The van der Waals surface area contributed by atoms with Gasteiger partial charge in [0.25, 0.3) is 0 Å². The van der Waals surface area contributed by atoms with Crippen molar-refractivity contribution in [2.45, 2.75) is 11.4 Å². The molecule has 0 saturated carbocycles. The molecule has 2 rings (SSSR count). The fourth-order valence-electron chi connectivity index (χ4n) is 1.85. The van der Waals surface area contributed by atoms with Gasteiger partial charge in [0, 0.05) is 14.1 Å². The van der Waals surface area contributed by atoms with E-state index in [-0.39, 0.29) is 21.6 Å². The highest BCUT2D eigenvalue weighted by molar-refractivity contribution is 7.89. The molecule has 1 heterocycles. The summed E-state index contributed by atoms with van der Waals surface area (Å²) in [7, 11) is 0.952. The van der Waals surface area contributed by atoms with E-state index in [0.29, 0.717) is 11.4 Å². The number of ether oxygens (including phenoxy) is 1. The first-order chi connectivity index (χ1) is 10.3. The normalized spacial score (nSPS) is 11.9. The fraction of sp³-hybridized carbons (Fsp3) is 0.308. The first kappa shape index (κ1) is 17.1. The van der Waals surface area contributed by atoms with E-state index in [0.717, 1.165) is 0 Å². The molecule has 0 atom stereocenters. The van der Waals surface area contributed by atoms with Crippen LogP contribution in [0.5, 0.6) is 5.75 Å². The summed E-state index contributed by atoms with van der Waals surface area (Å²) in [5, 5.41) is 4.63. The Balaban J connectivity index is 2.26. The Bertz CT molecular complexity index is 773. The molecule has 0 fully saturated rings. The Labute approximate surface area is 139 Å². The van der Waals surface area contributed by atoms with Gasteiger partial charge in [-0.1, -0.05) is 23.2 Å². The number of hydrogen-bond donors (Lipinski definition) is 0. The number of nitrogens with zero attached hydrogens (tertiary/aromatic N) is 3. The van der Waals surface area contributed by atoms with Gasteiger partial charge in [-0.25, -0.2) is 8.42 Å². The summed E-state index contributed by atoms with van der Waals surface area (Å²) in [5.41, 5.74) is 0.397. The van der Waals surface area contributed by atoms with Crippen molar-refractivity contribution >= 4 is 33.2 Å². The SMILES string of the molecule is COc1ccc(S(=O)(=O)N(C)Cc2nn(C)c(Cl)c2Cl)cc1. The molecule has 1 aromatic carbocycles. The minimum atomic E-state index is -3.66. The largest absolute Gasteiger partial charge is 0.497 e. The summed E-state index contributed by atoms with van der Waals surface area (Å²) in [6.45, 7) is 0.0216. The molecule has 0 radical (unpaired) electrons. The van der Waals surface area contributed by atoms with Gasteiger partial charge in [-0.2, -0.15) is 9.40 Å². The molecule has 0 amide bonds. The number of aromatic nitrogens is 2. The van der Waals surface area contributed by atoms with Gasteiger partial charge in [-0.05, 0) is 24.3 Å². The van der Waals surface area contributed by atoms with Crippen molar-refractivity contribution in [3.8, 4) is 5.75 Å². The first-order valence-electron chi connectivity index (χ1n) is 6.24. The maximum absolute atomic E-state index is 12.5. The Morgan fingerprint density at radius 3 is 2.32 bits per heavy atom. The van der Waals surface area contributed by atoms with Crippen LogP contribution >= 0.6 is 23.2 Å². The van der Waals surface area contributed by atoms with Crippen LogP contribution in [0.1, 0.15) is 5.69 Å². The monoisotopic (exact) mass is 363 g/mol. The summed E-state index contributed by atoms with van der Waals surface area (Å²) in [4.78, 5) is 0.161. The summed E-state index contributed by atoms with van der Waals surface area (Å²) in [5.74, 6) is 0.584. The molecule has 9 heteroatoms. The zero-order valence-electron chi connectivity index (χ0n) is 12.2. The molecule has 22 heavy (non-hydrogen) atoms. The van der Waals surface area contributed by atoms with Crippen molar-refractivity contribution in [3.63, 3.8) is 0 Å². The molecule has 120 valence electrons. The minimum absolute atomic E-state index is 0.0216. The molecule has 0 N–H and O–H groups in total. The first-order valence-corrected chi connectivity index (χ1v) is 8.44. The van der Waals surface area contributed by atoms with Crippen LogP contribution in [0.15, 0.2) is 29.2 Å². The van der Waals surface area contributed by atoms with E-state index < -0.39 is 10.0 Å². The number of methoxy groups -OCH3 is 1. The van der Waals surface area contributed by atoms with Crippen LogP contribution in [0.2, 0.25) is 10.2 Å². The molecule has 0 saturated heterocycles. The van der Waals surface area contributed by atoms with Crippen molar-refractivity contribution in [1.82, 2.24) is 14.1 Å². The summed E-state index contributed by atoms with van der Waals surface area (Å²) in [6, 6.07) is 6.14. The molecule has 0 aliphatic rings. The summed E-state index contributed by atoms with van der Waals surface area (Å²) in [6.07, 6.45) is 0. The molecule has 0 aliphatic heterocycles. The molecular formula is C13H15Cl2N3O3S. The van der Waals surface area contributed by atoms with E-state index in [4.69, 9.17) is 27.9 Å². The van der Waals surface area contributed by atoms with Gasteiger partial charge in [0.15, 0.2) is 0 Å². The van der Waals surface area contributed by atoms with Gasteiger partial charge in [0.1, 0.15) is 15.9 Å². The number of sulfonamides is 1. The number of rotatable bonds is 5. The van der Waals surface area contributed by atoms with E-state index in [1.54, 1.807) is 19.2 Å². The van der Waals surface area contributed by atoms with Crippen molar-refractivity contribution < 1.29 is 13.2 Å². The molecule has 0 spiro atoms. The van der Waals surface area contributed by atoms with Gasteiger partial charge < -0.3 is 4.74 Å². The second-order valence-electron chi connectivity index (χ2n) is 4.61. The third kappa shape index (κ3) is 3.22. The van der Waals surface area contributed by atoms with Gasteiger partial charge >= 0.3 is 0 Å². The second kappa shape index (κ2) is 6.45. The lowest BCUT2D eigenvalue weighted by atomic mass is 10.3. The van der Waals surface area contributed by atoms with E-state index in [1.807, 2.05) is 0 Å². The van der Waals surface area contributed by atoms with E-state index in [9.17, 15) is 8.42 Å². The molecule has 6 nitrogen and oxygen atoms in total. The van der Waals surface area contributed by atoms with Crippen LogP contribution < -0.4 is 4.74 Å². The smallest absolute Gasteiger partial charge is 0.243 e. The van der Waals surface area contributed by atoms with Crippen LogP contribution in [-0.4, -0.2) is 36.7 Å². The Morgan fingerprint density at radius 1 is 1.27 bits per heavy atom. The van der Waals surface area contributed by atoms with E-state index in [1.165, 1.54) is 35.3 Å². The zero-order chi connectivity index (χ0) is 16.5. The van der Waals surface area contributed by atoms with Crippen molar-refractivity contribution in [2.75, 3.05) is 14.2 Å². The fourth-order valence-corrected chi connectivity index (χ4v) is 3.35. The molecular weight excluding hydrogens is 349 g/mol. The average molecular weight is 364 g/mol. The quantitative estimate of drug-likeness (QED) is 0.818. The van der Waals surface area contributed by atoms with Crippen molar-refractivity contribution in [1.29, 1.82) is 0 Å². The van der Waals surface area contributed by atoms with Crippen LogP contribution in [-0.2, 0) is 23.6 Å². The van der Waals surface area contributed by atoms with E-state index >= 15 is 0 Å². The van der Waals surface area contributed by atoms with Gasteiger partial charge in [-0.3, -0.25) is 4.68 Å². The maximum Gasteiger partial charge on any atom is 0.243 e. The number of hydrogen-bond acceptors (Lipinski definition) is 4. The lowest BCUT2D eigenvalue weighted by Gasteiger charge is -2.16. The van der Waals surface area contributed by atoms with Crippen LogP contribution in [0.4, 0.5) is 0 Å². The predicted molar refractivity (Wildman–Crippen MR) is 84.9 cm³/mol. The molecule has 1 aromatic heterocycles. The molecule has 0 unspecified atom stereocenters. The number of aryl methyl sites for hydroxylation is 1. The lowest BCUT2D eigenvalue weighted by molar-refractivity contribution is 0.414. The summed E-state index contributed by atoms with van der Waals surface area (Å²) >= 11 is 12.0. The van der Waals surface area contributed by atoms with E-state index in [2.05, 4.69) is 5.10 Å². The zero-order valence-corrected chi connectivity index (χ0v) is 14.6. The molecule has 0 aliphatic carbocycles. The third-order valence-corrected chi connectivity index (χ3v) is 5.87.